The van der Waals surface area contributed by atoms with Crippen LogP contribution in [0.4, 0.5) is 0 Å². The quantitative estimate of drug-likeness (QED) is 0.0376. The molecule has 0 aliphatic heterocycles. The van der Waals surface area contributed by atoms with E-state index in [2.05, 4.69) is 417 Å². The maximum absolute atomic E-state index is 11.0. The summed E-state index contributed by atoms with van der Waals surface area (Å²) in [6, 6.07) is 114. The molecule has 0 saturated carbocycles. The van der Waals surface area contributed by atoms with Gasteiger partial charge in [0, 0.05) is 153 Å². The highest BCUT2D eigenvalue weighted by Gasteiger charge is 2.37. The lowest BCUT2D eigenvalue weighted by Gasteiger charge is -2.46. The summed E-state index contributed by atoms with van der Waals surface area (Å²) >= 11 is 0. The molecule has 586 valence electrons. The number of hydrogen-bond donors (Lipinski definition) is 1. The Bertz CT molecular complexity index is 4070. The third-order valence-electron chi connectivity index (χ3n) is 22.9. The molecule has 0 radical (unpaired) electrons. The highest BCUT2D eigenvalue weighted by Crippen LogP contribution is 2.30. The normalized spacial score (nSPS) is 14.3. The van der Waals surface area contributed by atoms with E-state index in [0.29, 0.717) is 17.8 Å². The summed E-state index contributed by atoms with van der Waals surface area (Å²) in [6.45, 7) is 39.8. The summed E-state index contributed by atoms with van der Waals surface area (Å²) < 4.78 is 0. The Morgan fingerprint density at radius 3 is 0.784 bits per heavy atom. The van der Waals surface area contributed by atoms with Crippen LogP contribution < -0.4 is 0 Å². The van der Waals surface area contributed by atoms with Crippen LogP contribution in [0.15, 0.2) is 316 Å². The molecule has 10 rings (SSSR count). The zero-order chi connectivity index (χ0) is 77.9. The predicted octanol–water partition coefficient (Wildman–Crippen LogP) is 20.0. The number of nitrogens with zero attached hydrogens (tertiary/aromatic N) is 8. The first-order valence-electron chi connectivity index (χ1n) is 41.7. The van der Waals surface area contributed by atoms with Crippen molar-refractivity contribution in [2.75, 3.05) is 59.0 Å². The van der Waals surface area contributed by atoms with Gasteiger partial charge in [0.2, 0.25) is 0 Å². The smallest absolute Gasteiger partial charge is 0.0584 e. The molecule has 0 spiro atoms. The molecule has 10 aromatic rings. The first-order valence-corrected chi connectivity index (χ1v) is 41.7. The molecule has 10 aromatic carbocycles. The van der Waals surface area contributed by atoms with Crippen molar-refractivity contribution in [1.29, 1.82) is 0 Å². The zero-order valence-electron chi connectivity index (χ0n) is 68.7. The minimum absolute atomic E-state index is 0.0253. The number of rotatable bonds is 49. The third kappa shape index (κ3) is 28.3. The Labute approximate surface area is 670 Å². The molecule has 111 heavy (non-hydrogen) atoms. The zero-order valence-corrected chi connectivity index (χ0v) is 68.7. The van der Waals surface area contributed by atoms with Crippen molar-refractivity contribution in [1.82, 2.24) is 39.2 Å². The second-order valence-electron chi connectivity index (χ2n) is 32.9. The first-order chi connectivity index (χ1) is 54.1. The van der Waals surface area contributed by atoms with Gasteiger partial charge in [0.05, 0.1) is 6.61 Å². The van der Waals surface area contributed by atoms with Crippen molar-refractivity contribution in [3.63, 3.8) is 0 Å². The van der Waals surface area contributed by atoms with Gasteiger partial charge >= 0.3 is 0 Å². The van der Waals surface area contributed by atoms with Crippen LogP contribution >= 0.6 is 0 Å². The molecule has 9 heteroatoms. The van der Waals surface area contributed by atoms with Gasteiger partial charge in [-0.3, -0.25) is 39.2 Å². The maximum Gasteiger partial charge on any atom is 0.0584 e. The van der Waals surface area contributed by atoms with E-state index in [9.17, 15) is 5.11 Å². The molecule has 0 fully saturated rings. The fourth-order valence-electron chi connectivity index (χ4n) is 16.7. The number of benzene rings is 10. The fraction of sp³-hybridized carbons (Fsp3) is 0.392. The van der Waals surface area contributed by atoms with E-state index in [-0.39, 0.29) is 54.9 Å². The highest BCUT2D eigenvalue weighted by atomic mass is 16.3. The van der Waals surface area contributed by atoms with E-state index in [1.165, 1.54) is 55.6 Å². The highest BCUT2D eigenvalue weighted by molar-refractivity contribution is 5.25. The second-order valence-corrected chi connectivity index (χ2v) is 32.9. The van der Waals surface area contributed by atoms with Crippen molar-refractivity contribution in [2.24, 2.45) is 17.8 Å². The molecule has 0 heterocycles. The minimum Gasteiger partial charge on any atom is -0.395 e. The van der Waals surface area contributed by atoms with Crippen molar-refractivity contribution >= 4 is 0 Å². The van der Waals surface area contributed by atoms with Crippen LogP contribution in [0.5, 0.6) is 0 Å². The average molecular weight is 1490 g/mol. The van der Waals surface area contributed by atoms with Crippen LogP contribution in [0.1, 0.15) is 124 Å². The Morgan fingerprint density at radius 1 is 0.252 bits per heavy atom. The largest absolute Gasteiger partial charge is 0.395 e. The lowest BCUT2D eigenvalue weighted by molar-refractivity contribution is 0.0186. The van der Waals surface area contributed by atoms with E-state index >= 15 is 0 Å². The standard InChI is InChI=1S/C102H132N8O/c1-11-62-103(68-90-46-26-14-27-47-90)85(8)67-109(74-96-58-38-20-39-59-96)102(84(6)7)80-108(73-95-56-36-19-37-57-95)98(63-82(2)3)77-107(72-94-54-34-18-35-55-94)99(64-88-42-22-12-23-43-88)76-104(69-91-48-28-15-29-49-91)86(9)66-106(71-93-52-32-17-33-53-93)100(65-89-44-24-13-25-45-89)78-110(75-97-60-40-21-41-61-97)101(83(4)5)79-105(87(10)81-111)70-92-50-30-16-31-51-92/h11-61,82-87,98-102,111H,1,62-81H2,2-10H3/t85-,86-,87-,98-,99-,100-,101+,102+/m0/s1. The van der Waals surface area contributed by atoms with Crippen molar-refractivity contribution < 1.29 is 5.11 Å². The molecule has 9 nitrogen and oxygen atoms in total. The van der Waals surface area contributed by atoms with Crippen molar-refractivity contribution in [3.05, 3.63) is 372 Å². The number of hydrogen-bond acceptors (Lipinski definition) is 9. The molecule has 0 aromatic heterocycles. The van der Waals surface area contributed by atoms with E-state index < -0.39 is 0 Å². The van der Waals surface area contributed by atoms with E-state index in [4.69, 9.17) is 0 Å². The van der Waals surface area contributed by atoms with E-state index in [1.54, 1.807) is 0 Å². The lowest BCUT2D eigenvalue weighted by atomic mass is 9.95. The SMILES string of the molecule is C=CCN(Cc1ccccc1)[C@@H](C)CN(Cc1ccccc1)[C@H](CN(Cc1ccccc1)[C@@H](CC(C)C)CN(Cc1ccccc1)[C@@H](Cc1ccccc1)CN(Cc1ccccc1)[C@@H](C)CN(Cc1ccccc1)[C@@H](Cc1ccccc1)CN(Cc1ccccc1)[C@H](CN(Cc1ccccc1)[C@@H](C)CO)C(C)C)C(C)C. The van der Waals surface area contributed by atoms with Crippen LogP contribution in [-0.2, 0) is 65.2 Å². The molecular weight excluding hydrogens is 1350 g/mol. The Kier molecular flexibility index (Phi) is 35.2. The maximum atomic E-state index is 11.0. The summed E-state index contributed by atoms with van der Waals surface area (Å²) in [5.74, 6) is 1.11. The fourth-order valence-corrected chi connectivity index (χ4v) is 16.7. The Morgan fingerprint density at radius 2 is 0.477 bits per heavy atom. The van der Waals surface area contributed by atoms with Crippen LogP contribution in [-0.4, -0.2) is 152 Å². The summed E-state index contributed by atoms with van der Waals surface area (Å²) in [7, 11) is 0. The van der Waals surface area contributed by atoms with Gasteiger partial charge in [-0.05, 0) is 113 Å². The third-order valence-corrected chi connectivity index (χ3v) is 22.9. The van der Waals surface area contributed by atoms with Gasteiger partial charge in [-0.25, -0.2) is 0 Å². The molecule has 0 unspecified atom stereocenters. The monoisotopic (exact) mass is 1490 g/mol. The van der Waals surface area contributed by atoms with Gasteiger partial charge < -0.3 is 5.11 Å². The molecular formula is C102H132N8O. The Hall–Kier alpha value is -8.42. The lowest BCUT2D eigenvalue weighted by Crippen LogP contribution is -2.57. The van der Waals surface area contributed by atoms with Gasteiger partial charge in [-0.2, -0.15) is 0 Å². The Balaban J connectivity index is 1.07. The first kappa shape index (κ1) is 85.0. The molecule has 0 aliphatic rings. The van der Waals surface area contributed by atoms with Gasteiger partial charge in [0.1, 0.15) is 0 Å². The minimum atomic E-state index is -0.0253. The number of aliphatic hydroxyl groups excluding tert-OH is 1. The molecule has 8 atom stereocenters. The molecule has 0 amide bonds. The van der Waals surface area contributed by atoms with Crippen LogP contribution in [0.25, 0.3) is 0 Å². The topological polar surface area (TPSA) is 46.2 Å². The van der Waals surface area contributed by atoms with Gasteiger partial charge in [0.15, 0.2) is 0 Å². The average Bonchev–Trinajstić information content (AvgIpc) is 0.822. The molecule has 0 aliphatic carbocycles. The van der Waals surface area contributed by atoms with Crippen molar-refractivity contribution in [3.8, 4) is 0 Å². The van der Waals surface area contributed by atoms with Crippen LogP contribution in [0.3, 0.4) is 0 Å². The summed E-state index contributed by atoms with van der Waals surface area (Å²) in [4.78, 5) is 22.5. The van der Waals surface area contributed by atoms with E-state index in [1.807, 2.05) is 0 Å². The number of aliphatic hydroxyl groups is 1. The molecule has 0 saturated heterocycles. The summed E-state index contributed by atoms with van der Waals surface area (Å²) in [6.07, 6.45) is 4.92. The summed E-state index contributed by atoms with van der Waals surface area (Å²) in [5, 5.41) is 11.0. The predicted molar refractivity (Wildman–Crippen MR) is 469 cm³/mol. The van der Waals surface area contributed by atoms with Crippen LogP contribution in [0.2, 0.25) is 0 Å². The van der Waals surface area contributed by atoms with Gasteiger partial charge in [-0.15, -0.1) is 6.58 Å². The van der Waals surface area contributed by atoms with Crippen LogP contribution in [0, 0.1) is 17.8 Å². The van der Waals surface area contributed by atoms with Gasteiger partial charge in [0.25, 0.3) is 0 Å². The summed E-state index contributed by atoms with van der Waals surface area (Å²) in [5.41, 5.74) is 13.3. The van der Waals surface area contributed by atoms with E-state index in [0.717, 1.165) is 124 Å². The molecule has 0 bridgehead atoms. The van der Waals surface area contributed by atoms with Gasteiger partial charge in [-0.1, -0.05) is 351 Å². The second kappa shape index (κ2) is 45.9. The molecule has 1 N–H and O–H groups in total. The van der Waals surface area contributed by atoms with Crippen molar-refractivity contribution in [2.45, 2.75) is 182 Å².